The summed E-state index contributed by atoms with van der Waals surface area (Å²) in [5, 5.41) is 10.2. The lowest BCUT2D eigenvalue weighted by Crippen LogP contribution is -1.99. The summed E-state index contributed by atoms with van der Waals surface area (Å²) in [4.78, 5) is 0. The standard InChI is InChI=1S/C34H33F3O2/c1-3-5-21-39-28-18-17-26(31(35)22-28)12-9-23-7-10-24(11-8-23)29-19-20-30(34(37)33(29)36)25-13-15-27(16-14-25)32(38)6-4-2/h3,7-8,10-11,13-20,22,32,38H,1,4-6,9,12,21H2,2H3. The highest BCUT2D eigenvalue weighted by atomic mass is 19.2. The zero-order valence-electron chi connectivity index (χ0n) is 22.1. The van der Waals surface area contributed by atoms with Gasteiger partial charge in [-0.2, -0.15) is 0 Å². The van der Waals surface area contributed by atoms with Crippen molar-refractivity contribution in [3.05, 3.63) is 126 Å². The normalized spacial score (nSPS) is 11.8. The van der Waals surface area contributed by atoms with E-state index < -0.39 is 17.7 Å². The molecule has 0 aliphatic rings. The molecule has 0 bridgehead atoms. The third kappa shape index (κ3) is 6.98. The fraction of sp³-hybridized carbons (Fsp3) is 0.235. The summed E-state index contributed by atoms with van der Waals surface area (Å²) >= 11 is 0. The Kier molecular flexibility index (Phi) is 9.61. The summed E-state index contributed by atoms with van der Waals surface area (Å²) in [5.74, 6) is -1.64. The van der Waals surface area contributed by atoms with Gasteiger partial charge in [-0.3, -0.25) is 0 Å². The molecule has 202 valence electrons. The van der Waals surface area contributed by atoms with Gasteiger partial charge in [0.1, 0.15) is 11.6 Å². The highest BCUT2D eigenvalue weighted by Crippen LogP contribution is 2.32. The van der Waals surface area contributed by atoms with Crippen molar-refractivity contribution in [1.82, 2.24) is 0 Å². The van der Waals surface area contributed by atoms with Crippen molar-refractivity contribution in [2.24, 2.45) is 0 Å². The number of aliphatic hydroxyl groups is 1. The second-order valence-corrected chi connectivity index (χ2v) is 9.59. The Morgan fingerprint density at radius 2 is 1.44 bits per heavy atom. The van der Waals surface area contributed by atoms with Crippen LogP contribution in [-0.2, 0) is 12.8 Å². The van der Waals surface area contributed by atoms with E-state index in [2.05, 4.69) is 6.58 Å². The van der Waals surface area contributed by atoms with Crippen LogP contribution in [0.1, 0.15) is 49.0 Å². The van der Waals surface area contributed by atoms with Gasteiger partial charge in [-0.05, 0) is 59.6 Å². The molecule has 1 unspecified atom stereocenters. The first kappa shape index (κ1) is 28.2. The van der Waals surface area contributed by atoms with Gasteiger partial charge in [0.15, 0.2) is 11.6 Å². The molecule has 4 aromatic rings. The highest BCUT2D eigenvalue weighted by Gasteiger charge is 2.17. The van der Waals surface area contributed by atoms with Crippen LogP contribution in [0.4, 0.5) is 13.2 Å². The Morgan fingerprint density at radius 1 is 0.821 bits per heavy atom. The van der Waals surface area contributed by atoms with Crippen LogP contribution in [0.25, 0.3) is 22.3 Å². The van der Waals surface area contributed by atoms with E-state index in [1.54, 1.807) is 66.7 Å². The van der Waals surface area contributed by atoms with Crippen molar-refractivity contribution >= 4 is 0 Å². The van der Waals surface area contributed by atoms with Crippen LogP contribution < -0.4 is 4.74 Å². The molecule has 0 aliphatic carbocycles. The van der Waals surface area contributed by atoms with Gasteiger partial charge in [-0.25, -0.2) is 13.2 Å². The Hall–Kier alpha value is -3.83. The number of ether oxygens (including phenoxy) is 1. The molecule has 1 atom stereocenters. The van der Waals surface area contributed by atoms with E-state index in [0.717, 1.165) is 17.5 Å². The number of benzene rings is 4. The molecule has 0 aliphatic heterocycles. The summed E-state index contributed by atoms with van der Waals surface area (Å²) in [7, 11) is 0. The molecular weight excluding hydrogens is 497 g/mol. The largest absolute Gasteiger partial charge is 0.493 e. The molecule has 2 nitrogen and oxygen atoms in total. The van der Waals surface area contributed by atoms with Crippen LogP contribution in [0.5, 0.6) is 5.75 Å². The lowest BCUT2D eigenvalue weighted by Gasteiger charge is -2.12. The highest BCUT2D eigenvalue weighted by molar-refractivity contribution is 5.72. The van der Waals surface area contributed by atoms with Crippen molar-refractivity contribution in [1.29, 1.82) is 0 Å². The molecule has 0 amide bonds. The second kappa shape index (κ2) is 13.3. The first-order chi connectivity index (χ1) is 18.9. The monoisotopic (exact) mass is 530 g/mol. The third-order valence-corrected chi connectivity index (χ3v) is 6.81. The predicted molar refractivity (Wildman–Crippen MR) is 151 cm³/mol. The Morgan fingerprint density at radius 3 is 2.00 bits per heavy atom. The third-order valence-electron chi connectivity index (χ3n) is 6.81. The molecule has 39 heavy (non-hydrogen) atoms. The lowest BCUT2D eigenvalue weighted by molar-refractivity contribution is 0.166. The molecule has 0 fully saturated rings. The maximum Gasteiger partial charge on any atom is 0.167 e. The van der Waals surface area contributed by atoms with E-state index in [-0.39, 0.29) is 16.9 Å². The van der Waals surface area contributed by atoms with Crippen LogP contribution >= 0.6 is 0 Å². The summed E-state index contributed by atoms with van der Waals surface area (Å²) in [6.07, 6.45) is 4.48. The first-order valence-electron chi connectivity index (χ1n) is 13.3. The predicted octanol–water partition coefficient (Wildman–Crippen LogP) is 9.01. The van der Waals surface area contributed by atoms with Gasteiger partial charge in [0.2, 0.25) is 0 Å². The molecule has 0 heterocycles. The van der Waals surface area contributed by atoms with Crippen LogP contribution in [-0.4, -0.2) is 11.7 Å². The van der Waals surface area contributed by atoms with E-state index in [0.29, 0.717) is 54.7 Å². The van der Waals surface area contributed by atoms with E-state index >= 15 is 8.78 Å². The maximum absolute atomic E-state index is 15.1. The minimum absolute atomic E-state index is 0.170. The quantitative estimate of drug-likeness (QED) is 0.146. The second-order valence-electron chi connectivity index (χ2n) is 9.59. The summed E-state index contributed by atoms with van der Waals surface area (Å²) < 4.78 is 50.2. The van der Waals surface area contributed by atoms with Gasteiger partial charge < -0.3 is 9.84 Å². The molecule has 0 radical (unpaired) electrons. The van der Waals surface area contributed by atoms with Gasteiger partial charge in [-0.1, -0.05) is 86.2 Å². The van der Waals surface area contributed by atoms with E-state index in [1.807, 2.05) is 19.1 Å². The average molecular weight is 531 g/mol. The minimum Gasteiger partial charge on any atom is -0.493 e. The van der Waals surface area contributed by atoms with Crippen LogP contribution in [0.3, 0.4) is 0 Å². The van der Waals surface area contributed by atoms with Gasteiger partial charge in [0, 0.05) is 17.2 Å². The van der Waals surface area contributed by atoms with Crippen molar-refractivity contribution in [3.63, 3.8) is 0 Å². The molecule has 4 aromatic carbocycles. The van der Waals surface area contributed by atoms with E-state index in [4.69, 9.17) is 4.74 Å². The Labute approximate surface area is 228 Å². The molecular formula is C34H33F3O2. The number of hydrogen-bond acceptors (Lipinski definition) is 2. The Bertz CT molecular complexity index is 1400. The summed E-state index contributed by atoms with van der Waals surface area (Å²) in [5.41, 5.74) is 3.76. The van der Waals surface area contributed by atoms with Crippen molar-refractivity contribution < 1.29 is 23.0 Å². The average Bonchev–Trinajstić information content (AvgIpc) is 2.95. The maximum atomic E-state index is 15.1. The fourth-order valence-electron chi connectivity index (χ4n) is 4.53. The molecule has 0 aromatic heterocycles. The molecule has 1 N–H and O–H groups in total. The smallest absolute Gasteiger partial charge is 0.167 e. The SMILES string of the molecule is C=CCCOc1ccc(CCc2ccc(-c3ccc(-c4ccc(C(O)CCC)cc4)c(F)c3F)cc2)c(F)c1. The Balaban J connectivity index is 1.43. The number of halogens is 3. The van der Waals surface area contributed by atoms with Crippen LogP contribution in [0.2, 0.25) is 0 Å². The first-order valence-corrected chi connectivity index (χ1v) is 13.3. The van der Waals surface area contributed by atoms with Gasteiger partial charge in [0.25, 0.3) is 0 Å². The number of rotatable bonds is 12. The number of aliphatic hydroxyl groups excluding tert-OH is 1. The summed E-state index contributed by atoms with van der Waals surface area (Å²) in [6.45, 7) is 6.09. The summed E-state index contributed by atoms with van der Waals surface area (Å²) in [6, 6.07) is 22.2. The lowest BCUT2D eigenvalue weighted by atomic mass is 9.96. The van der Waals surface area contributed by atoms with E-state index in [9.17, 15) is 9.50 Å². The van der Waals surface area contributed by atoms with Crippen LogP contribution in [0, 0.1) is 17.5 Å². The molecule has 5 heteroatoms. The number of hydrogen-bond donors (Lipinski definition) is 1. The van der Waals surface area contributed by atoms with Gasteiger partial charge >= 0.3 is 0 Å². The molecule has 0 spiro atoms. The molecule has 0 saturated heterocycles. The topological polar surface area (TPSA) is 29.5 Å². The van der Waals surface area contributed by atoms with Gasteiger partial charge in [-0.15, -0.1) is 6.58 Å². The van der Waals surface area contributed by atoms with E-state index in [1.165, 1.54) is 6.07 Å². The minimum atomic E-state index is -0.911. The van der Waals surface area contributed by atoms with Crippen molar-refractivity contribution in [2.45, 2.75) is 45.1 Å². The zero-order chi connectivity index (χ0) is 27.8. The van der Waals surface area contributed by atoms with Gasteiger partial charge in [0.05, 0.1) is 12.7 Å². The fourth-order valence-corrected chi connectivity index (χ4v) is 4.53. The van der Waals surface area contributed by atoms with Crippen molar-refractivity contribution in [3.8, 4) is 28.0 Å². The molecule has 4 rings (SSSR count). The zero-order valence-corrected chi connectivity index (χ0v) is 22.1. The van der Waals surface area contributed by atoms with Crippen LogP contribution in [0.15, 0.2) is 91.5 Å². The van der Waals surface area contributed by atoms with Crippen molar-refractivity contribution in [2.75, 3.05) is 6.61 Å². The number of aryl methyl sites for hydroxylation is 2. The molecule has 0 saturated carbocycles.